The van der Waals surface area contributed by atoms with E-state index in [4.69, 9.17) is 0 Å². The second kappa shape index (κ2) is 9.92. The largest absolute Gasteiger partial charge is 0.305 e. The van der Waals surface area contributed by atoms with Crippen molar-refractivity contribution in [2.45, 2.75) is 32.4 Å². The van der Waals surface area contributed by atoms with E-state index < -0.39 is 4.92 Å². The van der Waals surface area contributed by atoms with Gasteiger partial charge in [-0.25, -0.2) is 4.39 Å². The van der Waals surface area contributed by atoms with Crippen LogP contribution in [0.25, 0.3) is 0 Å². The summed E-state index contributed by atoms with van der Waals surface area (Å²) in [5.41, 5.74) is 2.78. The molecule has 0 atom stereocenters. The van der Waals surface area contributed by atoms with E-state index in [1.807, 2.05) is 24.3 Å². The Morgan fingerprint density at radius 3 is 2.33 bits per heavy atom. The molecular formula is C26H26FN3O3. The Morgan fingerprint density at radius 1 is 1.06 bits per heavy atom. The molecule has 0 radical (unpaired) electrons. The van der Waals surface area contributed by atoms with Crippen LogP contribution in [0.4, 0.5) is 15.8 Å². The van der Waals surface area contributed by atoms with Gasteiger partial charge in [-0.1, -0.05) is 36.4 Å². The number of amides is 1. The number of rotatable bonds is 6. The molecule has 7 heteroatoms. The second-order valence-electron chi connectivity index (χ2n) is 8.41. The van der Waals surface area contributed by atoms with E-state index in [0.29, 0.717) is 23.4 Å². The molecular weight excluding hydrogens is 421 g/mol. The highest BCUT2D eigenvalue weighted by atomic mass is 19.1. The van der Waals surface area contributed by atoms with Crippen LogP contribution in [0.5, 0.6) is 0 Å². The summed E-state index contributed by atoms with van der Waals surface area (Å²) in [7, 11) is 0. The monoisotopic (exact) mass is 447 g/mol. The Morgan fingerprint density at radius 2 is 1.73 bits per heavy atom. The SMILES string of the molecule is Cc1ccc(N(C(=O)c2ccccc2)C2CCN(Cc3ccc([N+](=O)[O-])cc3)CC2)cc1F. The number of aryl methyl sites for hydroxylation is 1. The van der Waals surface area contributed by atoms with Crippen LogP contribution < -0.4 is 4.90 Å². The number of halogens is 1. The summed E-state index contributed by atoms with van der Waals surface area (Å²) >= 11 is 0. The van der Waals surface area contributed by atoms with E-state index in [-0.39, 0.29) is 23.5 Å². The molecule has 170 valence electrons. The average Bonchev–Trinajstić information content (AvgIpc) is 2.83. The van der Waals surface area contributed by atoms with Gasteiger partial charge < -0.3 is 4.90 Å². The maximum absolute atomic E-state index is 14.4. The van der Waals surface area contributed by atoms with Crippen LogP contribution in [0.3, 0.4) is 0 Å². The van der Waals surface area contributed by atoms with Gasteiger partial charge in [0.25, 0.3) is 11.6 Å². The minimum absolute atomic E-state index is 0.0482. The molecule has 0 N–H and O–H groups in total. The van der Waals surface area contributed by atoms with Crippen LogP contribution in [0.2, 0.25) is 0 Å². The number of benzene rings is 3. The van der Waals surface area contributed by atoms with Gasteiger partial charge in [0, 0.05) is 49.1 Å². The van der Waals surface area contributed by atoms with Crippen molar-refractivity contribution in [1.82, 2.24) is 4.90 Å². The van der Waals surface area contributed by atoms with Crippen molar-refractivity contribution in [3.8, 4) is 0 Å². The van der Waals surface area contributed by atoms with Crippen molar-refractivity contribution in [2.75, 3.05) is 18.0 Å². The summed E-state index contributed by atoms with van der Waals surface area (Å²) in [5, 5.41) is 10.9. The first-order valence-corrected chi connectivity index (χ1v) is 11.0. The summed E-state index contributed by atoms with van der Waals surface area (Å²) in [5.74, 6) is -0.457. The van der Waals surface area contributed by atoms with Gasteiger partial charge in [0.05, 0.1) is 4.92 Å². The maximum Gasteiger partial charge on any atom is 0.269 e. The minimum Gasteiger partial charge on any atom is -0.305 e. The predicted molar refractivity (Wildman–Crippen MR) is 126 cm³/mol. The zero-order valence-electron chi connectivity index (χ0n) is 18.5. The number of hydrogen-bond acceptors (Lipinski definition) is 4. The molecule has 0 aromatic heterocycles. The zero-order valence-corrected chi connectivity index (χ0v) is 18.5. The summed E-state index contributed by atoms with van der Waals surface area (Å²) < 4.78 is 14.4. The maximum atomic E-state index is 14.4. The Balaban J connectivity index is 1.49. The molecule has 4 rings (SSSR count). The molecule has 0 aliphatic carbocycles. The van der Waals surface area contributed by atoms with Gasteiger partial charge in [-0.15, -0.1) is 0 Å². The molecule has 1 amide bonds. The fraction of sp³-hybridized carbons (Fsp3) is 0.269. The lowest BCUT2D eigenvalue weighted by molar-refractivity contribution is -0.384. The number of piperidine rings is 1. The van der Waals surface area contributed by atoms with Gasteiger partial charge in [0.2, 0.25) is 0 Å². The van der Waals surface area contributed by atoms with E-state index >= 15 is 0 Å². The standard InChI is InChI=1S/C26H26FN3O3/c1-19-7-10-24(17-25(19)27)29(26(31)21-5-3-2-4-6-21)22-13-15-28(16-14-22)18-20-8-11-23(12-9-20)30(32)33/h2-12,17,22H,13-16,18H2,1H3. The van der Waals surface area contributed by atoms with E-state index in [0.717, 1.165) is 31.5 Å². The average molecular weight is 448 g/mol. The fourth-order valence-electron chi connectivity index (χ4n) is 4.26. The van der Waals surface area contributed by atoms with Crippen LogP contribution in [-0.4, -0.2) is 34.9 Å². The molecule has 0 spiro atoms. The van der Waals surface area contributed by atoms with Crippen LogP contribution >= 0.6 is 0 Å². The number of carbonyl (C=O) groups excluding carboxylic acids is 1. The Kier molecular flexibility index (Phi) is 6.79. The van der Waals surface area contributed by atoms with Crippen molar-refractivity contribution in [3.63, 3.8) is 0 Å². The molecule has 1 saturated heterocycles. The first kappa shape index (κ1) is 22.6. The number of non-ortho nitro benzene ring substituents is 1. The minimum atomic E-state index is -0.401. The topological polar surface area (TPSA) is 66.7 Å². The van der Waals surface area contributed by atoms with E-state index in [2.05, 4.69) is 4.90 Å². The van der Waals surface area contributed by atoms with Crippen molar-refractivity contribution < 1.29 is 14.1 Å². The number of likely N-dealkylation sites (tertiary alicyclic amines) is 1. The Hall–Kier alpha value is -3.58. The summed E-state index contributed by atoms with van der Waals surface area (Å²) in [6, 6.07) is 20.6. The van der Waals surface area contributed by atoms with Crippen LogP contribution in [0.15, 0.2) is 72.8 Å². The Bertz CT molecular complexity index is 1130. The van der Waals surface area contributed by atoms with Gasteiger partial charge in [-0.05, 0) is 55.2 Å². The van der Waals surface area contributed by atoms with Crippen molar-refractivity contribution in [3.05, 3.63) is 105 Å². The van der Waals surface area contributed by atoms with E-state index in [9.17, 15) is 19.3 Å². The van der Waals surface area contributed by atoms with Crippen LogP contribution in [0.1, 0.15) is 34.3 Å². The third-order valence-corrected chi connectivity index (χ3v) is 6.15. The first-order chi connectivity index (χ1) is 15.9. The first-order valence-electron chi connectivity index (χ1n) is 11.0. The number of nitrogens with zero attached hydrogens (tertiary/aromatic N) is 3. The molecule has 33 heavy (non-hydrogen) atoms. The van der Waals surface area contributed by atoms with Crippen molar-refractivity contribution in [2.24, 2.45) is 0 Å². The zero-order chi connectivity index (χ0) is 23.4. The number of carbonyl (C=O) groups is 1. The van der Waals surface area contributed by atoms with E-state index in [1.165, 1.54) is 18.2 Å². The molecule has 1 aliphatic heterocycles. The number of hydrogen-bond donors (Lipinski definition) is 0. The molecule has 1 heterocycles. The molecule has 0 bridgehead atoms. The van der Waals surface area contributed by atoms with Crippen molar-refractivity contribution >= 4 is 17.3 Å². The highest BCUT2D eigenvalue weighted by Gasteiger charge is 2.30. The van der Waals surface area contributed by atoms with Gasteiger partial charge in [-0.3, -0.25) is 19.8 Å². The number of anilines is 1. The lowest BCUT2D eigenvalue weighted by atomic mass is 9.99. The van der Waals surface area contributed by atoms with Gasteiger partial charge >= 0.3 is 0 Å². The molecule has 1 aliphatic rings. The highest BCUT2D eigenvalue weighted by Crippen LogP contribution is 2.28. The number of nitro groups is 1. The summed E-state index contributed by atoms with van der Waals surface area (Å²) in [6.45, 7) is 3.94. The van der Waals surface area contributed by atoms with Crippen LogP contribution in [0, 0.1) is 22.9 Å². The Labute approximate surface area is 192 Å². The molecule has 6 nitrogen and oxygen atoms in total. The third-order valence-electron chi connectivity index (χ3n) is 6.15. The number of nitro benzene ring substituents is 1. The van der Waals surface area contributed by atoms with Gasteiger partial charge in [-0.2, -0.15) is 0 Å². The lowest BCUT2D eigenvalue weighted by Crippen LogP contribution is -2.47. The summed E-state index contributed by atoms with van der Waals surface area (Å²) in [4.78, 5) is 27.9. The van der Waals surface area contributed by atoms with Crippen molar-refractivity contribution in [1.29, 1.82) is 0 Å². The molecule has 1 fully saturated rings. The fourth-order valence-corrected chi connectivity index (χ4v) is 4.26. The summed E-state index contributed by atoms with van der Waals surface area (Å²) in [6.07, 6.45) is 1.50. The predicted octanol–water partition coefficient (Wildman–Crippen LogP) is 5.35. The van der Waals surface area contributed by atoms with Crippen LogP contribution in [-0.2, 0) is 6.54 Å². The van der Waals surface area contributed by atoms with Gasteiger partial charge in [0.1, 0.15) is 5.82 Å². The quantitative estimate of drug-likeness (QED) is 0.377. The lowest BCUT2D eigenvalue weighted by Gasteiger charge is -2.38. The molecule has 3 aromatic rings. The molecule has 3 aromatic carbocycles. The second-order valence-corrected chi connectivity index (χ2v) is 8.41. The third kappa shape index (κ3) is 5.26. The smallest absolute Gasteiger partial charge is 0.269 e. The molecule has 0 saturated carbocycles. The molecule has 0 unspecified atom stereocenters. The van der Waals surface area contributed by atoms with Gasteiger partial charge in [0.15, 0.2) is 0 Å². The normalized spacial score (nSPS) is 14.7. The highest BCUT2D eigenvalue weighted by molar-refractivity contribution is 6.06. The van der Waals surface area contributed by atoms with E-state index in [1.54, 1.807) is 42.2 Å².